The molecule has 0 aromatic carbocycles. The van der Waals surface area contributed by atoms with Crippen LogP contribution in [0.3, 0.4) is 0 Å². The van der Waals surface area contributed by atoms with E-state index in [1.165, 1.54) is 6.92 Å². The fraction of sp³-hybridized carbons (Fsp3) is 0.923. The molecule has 802 valence electrons. The minimum Gasteiger partial charge on any atom is -0.394 e. The molecule has 11 fully saturated rings. The van der Waals surface area contributed by atoms with E-state index in [9.17, 15) is 172 Å². The molecule has 0 bridgehead atoms. The molecule has 11 saturated heterocycles. The molecule has 55 atom stereocenters. The highest BCUT2D eigenvalue weighted by Crippen LogP contribution is 2.42. The maximum absolute atomic E-state index is 13.5. The van der Waals surface area contributed by atoms with Crippen molar-refractivity contribution in [2.75, 3.05) is 66.1 Å². The third-order valence-electron chi connectivity index (χ3n) is 25.3. The summed E-state index contributed by atoms with van der Waals surface area (Å²) in [5.74, 6) is -5.73. The smallest absolute Gasteiger partial charge is 0.217 e. The topological polar surface area (TPSA) is 935 Å². The zero-order valence-electron chi connectivity index (χ0n) is 75.4. The van der Waals surface area contributed by atoms with Gasteiger partial charge >= 0.3 is 0 Å². The van der Waals surface area contributed by atoms with Gasteiger partial charge in [0.05, 0.1) is 72.2 Å². The first-order valence-corrected chi connectivity index (χ1v) is 44.5. The summed E-state index contributed by atoms with van der Waals surface area (Å²) in [7, 11) is 0. The lowest BCUT2D eigenvalue weighted by Gasteiger charge is -2.52. The van der Waals surface area contributed by atoms with Crippen molar-refractivity contribution in [3.63, 3.8) is 0 Å². The van der Waals surface area contributed by atoms with E-state index in [1.54, 1.807) is 0 Å². The Morgan fingerprint density at radius 1 is 0.201 bits per heavy atom. The molecule has 0 radical (unpaired) electrons. The Balaban J connectivity index is 0.989. The van der Waals surface area contributed by atoms with Crippen molar-refractivity contribution in [2.45, 2.75) is 386 Å². The molecule has 61 heteroatoms. The van der Waals surface area contributed by atoms with E-state index in [4.69, 9.17) is 99.5 Å². The summed E-state index contributed by atoms with van der Waals surface area (Å²) in [6.07, 6.45) is -105. The molecular formula is C78H130N6O55. The molecule has 0 aliphatic carbocycles. The van der Waals surface area contributed by atoms with Crippen molar-refractivity contribution in [3.8, 4) is 0 Å². The molecule has 11 aliphatic rings. The van der Waals surface area contributed by atoms with Crippen molar-refractivity contribution < 1.29 is 271 Å². The molecule has 0 spiro atoms. The zero-order chi connectivity index (χ0) is 102. The molecule has 139 heavy (non-hydrogen) atoms. The first-order chi connectivity index (χ1) is 65.7. The zero-order valence-corrected chi connectivity index (χ0v) is 75.4. The number of rotatable bonds is 36. The third-order valence-corrected chi connectivity index (χ3v) is 25.3. The van der Waals surface area contributed by atoms with Gasteiger partial charge in [0.15, 0.2) is 69.2 Å². The van der Waals surface area contributed by atoms with E-state index in [-0.39, 0.29) is 0 Å². The first kappa shape index (κ1) is 114. The Kier molecular flexibility index (Phi) is 41.1. The standard InChI is InChI=1S/C78H130N6O55/c1-18-41(99)53(111)56(114)74(121-18)119-17-34-64(49(107)35(68(118)122-34)79-19(2)93)134-72-39(83-23(6)97)51(109)62(31(14-91)128-72)136-76-59(117)65(46(104)33(131-76)16-120-77-66(55(113)45(103)28(11-88)126-77)138-70-37(81-21(4)95)48(106)43(101)26(9-86)124-70)137-78-67(139-73-40(84-24(7)98)52(110)61(30(13-90)129-73)135-75-57(115)54(112)44(102)27(10-87)125-75)58(116)63(32(15-92)130-78)133-71-38(82-22(5)96)50(108)60(29(12-89)127-71)132-69-36(80-20(3)94)47(105)42(100)25(8-85)123-69/h18,25-78,85-92,99-118H,8-17H2,1-7H3,(H,79,93)(H,80,94)(H,81,95)(H,82,96)(H,83,97)(H,84,98)/t18-,25+,26+,27+,28+,29+,30+,31+,32+,33+,34+,35+,36+,37+,38+,39+,40+,41+,42-,43+,44-,45+,46+,47+,48+,49+,50+,51+,52+,53+,54-,55-,56-,57+,58-,59-,60+,61+,62+,63+,64+,65-,66-,67-,68?,69-,70-,71-,72-,73-,74+,75-,76-,77-,78+/m0/s1. The fourth-order valence-corrected chi connectivity index (χ4v) is 18.1. The van der Waals surface area contributed by atoms with Crippen LogP contribution in [0.25, 0.3) is 0 Å². The summed E-state index contributed by atoms with van der Waals surface area (Å²) < 4.78 is 127. The highest BCUT2D eigenvalue weighted by atomic mass is 16.8. The van der Waals surface area contributed by atoms with Crippen LogP contribution in [-0.4, -0.2) is 582 Å². The number of carbonyl (C=O) groups excluding carboxylic acids is 6. The molecule has 11 rings (SSSR count). The lowest BCUT2D eigenvalue weighted by Crippen LogP contribution is -2.72. The number of carbonyl (C=O) groups is 6. The third kappa shape index (κ3) is 25.8. The number of aliphatic hydroxyl groups excluding tert-OH is 28. The quantitative estimate of drug-likeness (QED) is 0.0277. The van der Waals surface area contributed by atoms with Gasteiger partial charge in [-0.25, -0.2) is 0 Å². The lowest BCUT2D eigenvalue weighted by atomic mass is 9.93. The lowest BCUT2D eigenvalue weighted by molar-refractivity contribution is -0.406. The Morgan fingerprint density at radius 2 is 0.453 bits per heavy atom. The molecule has 0 saturated carbocycles. The predicted octanol–water partition coefficient (Wildman–Crippen LogP) is -23.1. The molecule has 11 heterocycles. The first-order valence-electron chi connectivity index (χ1n) is 44.5. The van der Waals surface area contributed by atoms with E-state index in [2.05, 4.69) is 31.9 Å². The Hall–Kier alpha value is -5.14. The molecule has 0 aromatic rings. The minimum atomic E-state index is -2.76. The van der Waals surface area contributed by atoms with Gasteiger partial charge in [0.2, 0.25) is 35.4 Å². The second kappa shape index (κ2) is 50.0. The Morgan fingerprint density at radius 3 is 0.842 bits per heavy atom. The summed E-state index contributed by atoms with van der Waals surface area (Å²) in [6.45, 7) is -4.75. The molecule has 0 aromatic heterocycles. The Labute approximate surface area is 788 Å². The Bertz CT molecular complexity index is 3900. The fourth-order valence-electron chi connectivity index (χ4n) is 18.1. The minimum absolute atomic E-state index is 0.849. The van der Waals surface area contributed by atoms with Crippen molar-refractivity contribution in [2.24, 2.45) is 0 Å². The average Bonchev–Trinajstić information content (AvgIpc) is 0.756. The molecule has 1 unspecified atom stereocenters. The van der Waals surface area contributed by atoms with Crippen LogP contribution >= 0.6 is 0 Å². The molecule has 11 aliphatic heterocycles. The second-order valence-electron chi connectivity index (χ2n) is 35.3. The second-order valence-corrected chi connectivity index (χ2v) is 35.3. The van der Waals surface area contributed by atoms with Gasteiger partial charge in [-0.2, -0.15) is 0 Å². The molecule has 34 N–H and O–H groups in total. The van der Waals surface area contributed by atoms with Crippen molar-refractivity contribution >= 4 is 35.4 Å². The van der Waals surface area contributed by atoms with E-state index < -0.39 is 439 Å². The van der Waals surface area contributed by atoms with Gasteiger partial charge in [-0.15, -0.1) is 0 Å². The van der Waals surface area contributed by atoms with E-state index in [0.29, 0.717) is 0 Å². The predicted molar refractivity (Wildman–Crippen MR) is 430 cm³/mol. The highest BCUT2D eigenvalue weighted by molar-refractivity contribution is 5.75. The van der Waals surface area contributed by atoms with Crippen LogP contribution in [0.4, 0.5) is 0 Å². The maximum atomic E-state index is 13.5. The maximum Gasteiger partial charge on any atom is 0.217 e. The van der Waals surface area contributed by atoms with Crippen molar-refractivity contribution in [3.05, 3.63) is 0 Å². The van der Waals surface area contributed by atoms with Gasteiger partial charge in [-0.3, -0.25) is 28.8 Å². The van der Waals surface area contributed by atoms with Crippen LogP contribution in [0.5, 0.6) is 0 Å². The van der Waals surface area contributed by atoms with Crippen LogP contribution in [0.2, 0.25) is 0 Å². The monoisotopic (exact) mass is 2030 g/mol. The largest absolute Gasteiger partial charge is 0.394 e. The summed E-state index contributed by atoms with van der Waals surface area (Å²) in [6, 6.07) is -11.6. The van der Waals surface area contributed by atoms with Gasteiger partial charge in [0.25, 0.3) is 0 Å². The van der Waals surface area contributed by atoms with Gasteiger partial charge in [-0.05, 0) is 6.92 Å². The van der Waals surface area contributed by atoms with Gasteiger partial charge in [0.1, 0.15) is 262 Å². The number of hydrogen-bond donors (Lipinski definition) is 34. The van der Waals surface area contributed by atoms with Crippen molar-refractivity contribution in [1.29, 1.82) is 0 Å². The summed E-state index contributed by atoms with van der Waals surface area (Å²) in [5.41, 5.74) is 0. The number of hydrogen-bond acceptors (Lipinski definition) is 55. The van der Waals surface area contributed by atoms with Gasteiger partial charge < -0.3 is 274 Å². The number of amides is 6. The number of ether oxygens (including phenoxy) is 21. The molecule has 61 nitrogen and oxygen atoms in total. The summed E-state index contributed by atoms with van der Waals surface area (Å²) in [5, 5.41) is 332. The van der Waals surface area contributed by atoms with Crippen LogP contribution in [0.15, 0.2) is 0 Å². The van der Waals surface area contributed by atoms with Crippen molar-refractivity contribution in [1.82, 2.24) is 31.9 Å². The van der Waals surface area contributed by atoms with E-state index in [1.807, 2.05) is 0 Å². The average molecular weight is 2030 g/mol. The number of nitrogens with one attached hydrogen (secondary N) is 6. The van der Waals surface area contributed by atoms with Crippen LogP contribution in [0, 0.1) is 0 Å². The molecular weight excluding hydrogens is 1900 g/mol. The number of aliphatic hydroxyl groups is 28. The van der Waals surface area contributed by atoms with Crippen LogP contribution < -0.4 is 31.9 Å². The van der Waals surface area contributed by atoms with Crippen LogP contribution in [-0.2, 0) is 128 Å². The van der Waals surface area contributed by atoms with E-state index in [0.717, 1.165) is 41.5 Å². The summed E-state index contributed by atoms with van der Waals surface area (Å²) in [4.78, 5) is 77.9. The highest BCUT2D eigenvalue weighted by Gasteiger charge is 2.63. The van der Waals surface area contributed by atoms with Gasteiger partial charge in [-0.1, -0.05) is 0 Å². The van der Waals surface area contributed by atoms with Crippen LogP contribution in [0.1, 0.15) is 48.5 Å². The SMILES string of the molecule is CC(=O)N[C@H]1[C@H](O[C@H]2[C@H](O)[C@@H](NC(C)=O)C(O)O[C@@H]2CO[C@@H]2O[C@@H](C)[C@@H](O)[C@@H](O)[C@@H]2O)O[C@H](CO)[C@@H](O[C@@H]2O[C@H](CO[C@H]3O[C@H](CO)[C@@H](O)[C@H](O)[C@@H]3O[C@@H]3O[C@H](CO)[C@@H](O)[C@H](O)[C@H]3NC(C)=O)[C@@H](O)[C@H](O[C@H]3O[C@H](CO)[C@@H](O[C@@H]4O[C@H](CO)[C@@H](O[C@@H]5O[C@H](CO)[C@H](O)[C@H](O)[C@H]5NC(C)=O)[C@H](O)[C@H]4NC(C)=O)[C@H](O)[C@@H]3O[C@@H]3O[C@H](CO)[C@@H](O[C@@H]4O[C@H](CO)[C@H](O)[C@H](O)[C@H]4O)[C@H](O)[C@H]3NC(C)=O)[C@@H]2O)[C@@H]1O. The van der Waals surface area contributed by atoms with Gasteiger partial charge in [0, 0.05) is 41.5 Å². The van der Waals surface area contributed by atoms with E-state index >= 15 is 0 Å². The normalized spacial score (nSPS) is 48.3. The summed E-state index contributed by atoms with van der Waals surface area (Å²) >= 11 is 0. The molecule has 6 amide bonds.